The number of hydrogen-bond donors (Lipinski definition) is 15. The zero-order valence-electron chi connectivity index (χ0n) is 47.1. The second-order valence-electron chi connectivity index (χ2n) is 19.6. The molecule has 83 heavy (non-hydrogen) atoms. The lowest BCUT2D eigenvalue weighted by atomic mass is 9.94. The van der Waals surface area contributed by atoms with E-state index in [2.05, 4.69) is 16.0 Å². The van der Waals surface area contributed by atoms with E-state index in [-0.39, 0.29) is 195 Å². The molecule has 3 fully saturated rings. The Morgan fingerprint density at radius 2 is 0.578 bits per heavy atom. The Kier molecular flexibility index (Phi) is 39.4. The number of aliphatic hydroxyl groups excluding tert-OH is 12. The van der Waals surface area contributed by atoms with Crippen molar-refractivity contribution in [3.63, 3.8) is 0 Å². The van der Waals surface area contributed by atoms with E-state index >= 15 is 0 Å². The van der Waals surface area contributed by atoms with E-state index < -0.39 is 117 Å². The highest BCUT2D eigenvalue weighted by molar-refractivity contribution is 5.76. The highest BCUT2D eigenvalue weighted by Gasteiger charge is 2.46. The van der Waals surface area contributed by atoms with Gasteiger partial charge < -0.3 is 148 Å². The second kappa shape index (κ2) is 43.9. The van der Waals surface area contributed by atoms with Gasteiger partial charge in [-0.3, -0.25) is 14.4 Å². The van der Waals surface area contributed by atoms with Crippen molar-refractivity contribution in [3.8, 4) is 0 Å². The number of nitrogens with one attached hydrogen (secondary N) is 3. The zero-order chi connectivity index (χ0) is 60.8. The first kappa shape index (κ1) is 74.6. The SMILES string of the molecule is CC(COCCC(=O)NCCOCCOCCO[C@@H]1OC(CO)[C@@H](O)C(O)C1O)(COCCC(=O)NCCOCCOCCO[C@H]1OC(CO)[C@@H](O)C(O)C1O)COCCC(=O)NCCOCCOCCO[C@H]1O[C@H](CO)[C@@H](O)C(O)C1O. The molecule has 0 aromatic rings. The summed E-state index contributed by atoms with van der Waals surface area (Å²) in [6.07, 6.45) is -20.5. The maximum atomic E-state index is 12.5. The molecule has 33 heteroatoms. The van der Waals surface area contributed by atoms with Gasteiger partial charge in [-0.1, -0.05) is 6.92 Å². The molecule has 3 rings (SSSR count). The van der Waals surface area contributed by atoms with Crippen molar-refractivity contribution >= 4 is 17.7 Å². The van der Waals surface area contributed by atoms with Gasteiger partial charge in [0, 0.05) is 44.3 Å². The Labute approximate surface area is 481 Å². The first-order valence-electron chi connectivity index (χ1n) is 27.7. The fourth-order valence-corrected chi connectivity index (χ4v) is 7.88. The molecule has 0 bridgehead atoms. The maximum Gasteiger partial charge on any atom is 0.222 e. The molecule has 33 nitrogen and oxygen atoms in total. The number of carbonyl (C=O) groups is 3. The van der Waals surface area contributed by atoms with Gasteiger partial charge in [0.25, 0.3) is 0 Å². The molecule has 3 heterocycles. The van der Waals surface area contributed by atoms with Gasteiger partial charge >= 0.3 is 0 Å². The third kappa shape index (κ3) is 29.7. The van der Waals surface area contributed by atoms with Crippen LogP contribution < -0.4 is 16.0 Å². The molecule has 0 saturated carbocycles. The van der Waals surface area contributed by atoms with Crippen molar-refractivity contribution in [2.75, 3.05) is 178 Å². The number of aliphatic hydroxyl groups is 12. The van der Waals surface area contributed by atoms with E-state index in [9.17, 15) is 75.7 Å². The minimum absolute atomic E-state index is 0.0108. The van der Waals surface area contributed by atoms with E-state index in [1.54, 1.807) is 0 Å². The highest BCUT2D eigenvalue weighted by atomic mass is 16.7. The molecule has 3 saturated heterocycles. The lowest BCUT2D eigenvalue weighted by molar-refractivity contribution is -0.302. The van der Waals surface area contributed by atoms with Gasteiger partial charge in [0.05, 0.1) is 159 Å². The van der Waals surface area contributed by atoms with Crippen molar-refractivity contribution < 1.29 is 147 Å². The summed E-state index contributed by atoms with van der Waals surface area (Å²) >= 11 is 0. The van der Waals surface area contributed by atoms with Crippen molar-refractivity contribution in [3.05, 3.63) is 0 Å². The van der Waals surface area contributed by atoms with Crippen molar-refractivity contribution in [2.45, 2.75) is 118 Å². The Morgan fingerprint density at radius 1 is 0.337 bits per heavy atom. The van der Waals surface area contributed by atoms with Gasteiger partial charge in [0.1, 0.15) is 73.2 Å². The van der Waals surface area contributed by atoms with Crippen LogP contribution in [0.1, 0.15) is 26.2 Å². The molecule has 488 valence electrons. The van der Waals surface area contributed by atoms with Gasteiger partial charge in [0.2, 0.25) is 17.7 Å². The van der Waals surface area contributed by atoms with Gasteiger partial charge in [-0.25, -0.2) is 0 Å². The normalized spacial score (nSPS) is 29.1. The maximum absolute atomic E-state index is 12.5. The zero-order valence-corrected chi connectivity index (χ0v) is 47.1. The smallest absolute Gasteiger partial charge is 0.222 e. The van der Waals surface area contributed by atoms with Crippen LogP contribution in [0.2, 0.25) is 0 Å². The summed E-state index contributed by atoms with van der Waals surface area (Å²) < 4.78 is 82.2. The lowest BCUT2D eigenvalue weighted by Crippen LogP contribution is -2.59. The average Bonchev–Trinajstić information content (AvgIpc) is 3.66. The summed E-state index contributed by atoms with van der Waals surface area (Å²) in [5.41, 5.74) is -0.755. The molecular weight excluding hydrogens is 1120 g/mol. The fourth-order valence-electron chi connectivity index (χ4n) is 7.88. The molecule has 0 spiro atoms. The summed E-state index contributed by atoms with van der Waals surface area (Å²) in [6.45, 7) is 3.37. The number of carbonyl (C=O) groups excluding carboxylic acids is 3. The topological polar surface area (TPSA) is 469 Å². The monoisotopic (exact) mass is 1220 g/mol. The molecule has 3 amide bonds. The predicted octanol–water partition coefficient (Wildman–Crippen LogP) is -8.89. The number of amides is 3. The van der Waals surface area contributed by atoms with Crippen molar-refractivity contribution in [1.29, 1.82) is 0 Å². The Balaban J connectivity index is 1.26. The van der Waals surface area contributed by atoms with Gasteiger partial charge in [-0.2, -0.15) is 0 Å². The summed E-state index contributed by atoms with van der Waals surface area (Å²) in [4.78, 5) is 37.5. The fraction of sp³-hybridized carbons (Fsp3) is 0.940. The minimum Gasteiger partial charge on any atom is -0.394 e. The van der Waals surface area contributed by atoms with E-state index in [0.29, 0.717) is 0 Å². The minimum atomic E-state index is -1.55. The predicted molar refractivity (Wildman–Crippen MR) is 278 cm³/mol. The largest absolute Gasteiger partial charge is 0.394 e. The highest BCUT2D eigenvalue weighted by Crippen LogP contribution is 2.25. The molecule has 9 unspecified atom stereocenters. The third-order valence-electron chi connectivity index (χ3n) is 12.7. The second-order valence-corrected chi connectivity index (χ2v) is 19.6. The molecule has 3 aliphatic heterocycles. The van der Waals surface area contributed by atoms with Gasteiger partial charge in [-0.15, -0.1) is 0 Å². The summed E-state index contributed by atoms with van der Waals surface area (Å²) in [6, 6.07) is 0. The van der Waals surface area contributed by atoms with E-state index in [1.165, 1.54) is 0 Å². The molecule has 3 aliphatic rings. The Morgan fingerprint density at radius 3 is 0.831 bits per heavy atom. The quantitative estimate of drug-likeness (QED) is 0.0252. The lowest BCUT2D eigenvalue weighted by Gasteiger charge is -2.39. The average molecular weight is 1220 g/mol. The summed E-state index contributed by atoms with van der Waals surface area (Å²) in [5, 5.41) is 125. The van der Waals surface area contributed by atoms with Crippen LogP contribution in [0.4, 0.5) is 0 Å². The first-order chi connectivity index (χ1) is 40.0. The third-order valence-corrected chi connectivity index (χ3v) is 12.7. The van der Waals surface area contributed by atoms with Crippen LogP contribution in [0.25, 0.3) is 0 Å². The molecule has 15 N–H and O–H groups in total. The molecule has 0 radical (unpaired) electrons. The number of hydrogen-bond acceptors (Lipinski definition) is 30. The first-order valence-corrected chi connectivity index (χ1v) is 27.7. The van der Waals surface area contributed by atoms with E-state index in [0.717, 1.165) is 0 Å². The number of ether oxygens (including phenoxy) is 15. The van der Waals surface area contributed by atoms with E-state index in [4.69, 9.17) is 71.1 Å². The van der Waals surface area contributed by atoms with Crippen molar-refractivity contribution in [1.82, 2.24) is 16.0 Å². The van der Waals surface area contributed by atoms with Crippen LogP contribution in [-0.4, -0.2) is 349 Å². The van der Waals surface area contributed by atoms with Crippen molar-refractivity contribution in [2.24, 2.45) is 5.41 Å². The van der Waals surface area contributed by atoms with Crippen LogP contribution in [0.3, 0.4) is 0 Å². The van der Waals surface area contributed by atoms with Crippen LogP contribution in [-0.2, 0) is 85.4 Å². The molecule has 0 aromatic carbocycles. The van der Waals surface area contributed by atoms with Crippen LogP contribution in [0.15, 0.2) is 0 Å². The van der Waals surface area contributed by atoms with E-state index in [1.807, 2.05) is 6.92 Å². The van der Waals surface area contributed by atoms with Gasteiger partial charge in [-0.05, 0) is 0 Å². The Hall–Kier alpha value is -2.67. The summed E-state index contributed by atoms with van der Waals surface area (Å²) in [5.74, 6) is -0.847. The van der Waals surface area contributed by atoms with Crippen LogP contribution >= 0.6 is 0 Å². The molecule has 16 atom stereocenters. The molecule has 0 aliphatic carbocycles. The number of rotatable bonds is 48. The summed E-state index contributed by atoms with van der Waals surface area (Å²) in [7, 11) is 0. The Bertz CT molecular complexity index is 1500. The van der Waals surface area contributed by atoms with Crippen LogP contribution in [0, 0.1) is 5.41 Å². The standard InChI is InChI=1S/C50H93N3O30/c1-50(29-75-8-2-35(57)51-5-11-69-14-17-72-20-23-78-47-44(66)41(63)38(60)32(26-54)81-47,30-76-9-3-36(58)52-6-12-70-15-18-73-21-24-79-48-45(67)42(64)39(61)33(27-55)82-48)31-77-10-4-37(59)53-7-13-71-16-19-74-22-25-80-49-46(68)43(65)40(62)34(28-56)83-49/h32-34,38-49,54-56,60-68H,2-31H2,1H3,(H,51,57)(H,52,58)(H,53,59)/t32-,33?,34?,38-,39-,40-,41?,42?,43?,44?,45?,46?,47+,48-,49+,50?/m1/s1. The molecular formula is C50H93N3O30. The van der Waals surface area contributed by atoms with Crippen LogP contribution in [0.5, 0.6) is 0 Å². The van der Waals surface area contributed by atoms with Gasteiger partial charge in [0.15, 0.2) is 18.9 Å². The molecule has 0 aromatic heterocycles.